The maximum Gasteiger partial charge on any atom is 0.130 e. The zero-order valence-corrected chi connectivity index (χ0v) is 11.4. The Morgan fingerprint density at radius 1 is 1.28 bits per heavy atom. The number of hydrogen-bond donors (Lipinski definition) is 1. The summed E-state index contributed by atoms with van der Waals surface area (Å²) in [4.78, 5) is 11.8. The van der Waals surface area contributed by atoms with Gasteiger partial charge in [-0.25, -0.2) is 9.97 Å². The molecule has 0 bridgehead atoms. The van der Waals surface area contributed by atoms with E-state index in [0.29, 0.717) is 0 Å². The second kappa shape index (κ2) is 4.94. The second-order valence-corrected chi connectivity index (χ2v) is 5.70. The van der Waals surface area contributed by atoms with Crippen molar-refractivity contribution in [1.82, 2.24) is 20.2 Å². The lowest BCUT2D eigenvalue weighted by Crippen LogP contribution is -2.27. The van der Waals surface area contributed by atoms with Gasteiger partial charge in [0, 0.05) is 44.0 Å². The van der Waals surface area contributed by atoms with Crippen molar-refractivity contribution in [3.05, 3.63) is 22.8 Å². The molecule has 4 heteroatoms. The van der Waals surface area contributed by atoms with E-state index in [9.17, 15) is 0 Å². The summed E-state index contributed by atoms with van der Waals surface area (Å²) in [6, 6.07) is 0. The highest BCUT2D eigenvalue weighted by molar-refractivity contribution is 5.33. The molecule has 2 heterocycles. The summed E-state index contributed by atoms with van der Waals surface area (Å²) in [5.41, 5.74) is 4.05. The summed E-state index contributed by atoms with van der Waals surface area (Å²) in [6.07, 6.45) is 4.66. The van der Waals surface area contributed by atoms with Gasteiger partial charge in [0.05, 0.1) is 11.4 Å². The molecule has 0 spiro atoms. The number of rotatable bonds is 4. The Hall–Kier alpha value is -1.00. The number of hydrogen-bond acceptors (Lipinski definition) is 4. The lowest BCUT2D eigenvalue weighted by atomic mass is 10.0. The van der Waals surface area contributed by atoms with E-state index in [1.165, 1.54) is 29.8 Å². The minimum absolute atomic E-state index is 0.722. The van der Waals surface area contributed by atoms with Crippen molar-refractivity contribution >= 4 is 0 Å². The Labute approximate surface area is 109 Å². The molecule has 1 aromatic heterocycles. The maximum atomic E-state index is 4.84. The zero-order valence-electron chi connectivity index (χ0n) is 11.4. The Morgan fingerprint density at radius 3 is 2.83 bits per heavy atom. The van der Waals surface area contributed by atoms with Crippen LogP contribution in [0.4, 0.5) is 0 Å². The normalized spacial score (nSPS) is 19.1. The average Bonchev–Trinajstić information content (AvgIpc) is 3.19. The largest absolute Gasteiger partial charge is 0.312 e. The topological polar surface area (TPSA) is 41.1 Å². The van der Waals surface area contributed by atoms with Gasteiger partial charge < -0.3 is 10.2 Å². The van der Waals surface area contributed by atoms with Crippen LogP contribution < -0.4 is 5.32 Å². The predicted octanol–water partition coefficient (Wildman–Crippen LogP) is 1.10. The van der Waals surface area contributed by atoms with Crippen molar-refractivity contribution in [2.45, 2.75) is 38.1 Å². The van der Waals surface area contributed by atoms with Gasteiger partial charge in [0.15, 0.2) is 0 Å². The van der Waals surface area contributed by atoms with Gasteiger partial charge in [0.1, 0.15) is 5.82 Å². The lowest BCUT2D eigenvalue weighted by Gasteiger charge is -2.20. The first-order valence-electron chi connectivity index (χ1n) is 6.98. The SMILES string of the molecule is CN(C)CCc1nc2c(c(C3CC3)n1)CNCC2. The molecule has 2 aliphatic rings. The van der Waals surface area contributed by atoms with E-state index in [4.69, 9.17) is 9.97 Å². The molecule has 0 saturated heterocycles. The smallest absolute Gasteiger partial charge is 0.130 e. The fourth-order valence-corrected chi connectivity index (χ4v) is 2.55. The van der Waals surface area contributed by atoms with Crippen molar-refractivity contribution in [3.8, 4) is 0 Å². The van der Waals surface area contributed by atoms with Crippen molar-refractivity contribution < 1.29 is 0 Å². The standard InChI is InChI=1S/C14H22N4/c1-18(2)8-6-13-16-12-5-7-15-9-11(12)14(17-13)10-3-4-10/h10,15H,3-9H2,1-2H3. The molecule has 1 aromatic rings. The van der Waals surface area contributed by atoms with Crippen molar-refractivity contribution in [1.29, 1.82) is 0 Å². The van der Waals surface area contributed by atoms with Crippen LogP contribution in [0.25, 0.3) is 0 Å². The van der Waals surface area contributed by atoms with Gasteiger partial charge in [-0.15, -0.1) is 0 Å². The minimum atomic E-state index is 0.722. The lowest BCUT2D eigenvalue weighted by molar-refractivity contribution is 0.408. The zero-order chi connectivity index (χ0) is 12.5. The van der Waals surface area contributed by atoms with E-state index < -0.39 is 0 Å². The molecule has 1 N–H and O–H groups in total. The van der Waals surface area contributed by atoms with Gasteiger partial charge in [-0.3, -0.25) is 0 Å². The van der Waals surface area contributed by atoms with E-state index in [1.54, 1.807) is 0 Å². The summed E-state index contributed by atoms with van der Waals surface area (Å²) in [5, 5.41) is 3.45. The highest BCUT2D eigenvalue weighted by Crippen LogP contribution is 2.41. The first kappa shape index (κ1) is 12.1. The molecule has 0 radical (unpaired) electrons. The Balaban J connectivity index is 1.88. The van der Waals surface area contributed by atoms with Crippen LogP contribution in [-0.4, -0.2) is 42.1 Å². The molecule has 18 heavy (non-hydrogen) atoms. The molecule has 0 atom stereocenters. The van der Waals surface area contributed by atoms with Gasteiger partial charge in [-0.2, -0.15) is 0 Å². The molecule has 1 saturated carbocycles. The molecular formula is C14H22N4. The minimum Gasteiger partial charge on any atom is -0.312 e. The van der Waals surface area contributed by atoms with Crippen LogP contribution in [-0.2, 0) is 19.4 Å². The molecule has 1 fully saturated rings. The maximum absolute atomic E-state index is 4.84. The number of likely N-dealkylation sites (N-methyl/N-ethyl adjacent to an activating group) is 1. The highest BCUT2D eigenvalue weighted by atomic mass is 15.1. The molecule has 98 valence electrons. The van der Waals surface area contributed by atoms with Gasteiger partial charge in [-0.1, -0.05) is 0 Å². The average molecular weight is 246 g/mol. The monoisotopic (exact) mass is 246 g/mol. The summed E-state index contributed by atoms with van der Waals surface area (Å²) >= 11 is 0. The van der Waals surface area contributed by atoms with E-state index in [0.717, 1.165) is 44.2 Å². The molecule has 1 aliphatic carbocycles. The number of nitrogens with zero attached hydrogens (tertiary/aromatic N) is 3. The van der Waals surface area contributed by atoms with Crippen LogP contribution in [0.1, 0.15) is 41.5 Å². The van der Waals surface area contributed by atoms with Crippen LogP contribution in [0.5, 0.6) is 0 Å². The van der Waals surface area contributed by atoms with Gasteiger partial charge in [-0.05, 0) is 26.9 Å². The Morgan fingerprint density at radius 2 is 2.11 bits per heavy atom. The number of nitrogens with one attached hydrogen (secondary N) is 1. The summed E-state index contributed by atoms with van der Waals surface area (Å²) in [6.45, 7) is 3.05. The van der Waals surface area contributed by atoms with Crippen LogP contribution in [0.15, 0.2) is 0 Å². The van der Waals surface area contributed by atoms with Crippen LogP contribution in [0.2, 0.25) is 0 Å². The number of fused-ring (bicyclic) bond motifs is 1. The molecular weight excluding hydrogens is 224 g/mol. The Bertz CT molecular complexity index is 438. The third kappa shape index (κ3) is 2.54. The van der Waals surface area contributed by atoms with E-state index in [1.807, 2.05) is 0 Å². The van der Waals surface area contributed by atoms with Crippen molar-refractivity contribution in [3.63, 3.8) is 0 Å². The summed E-state index contributed by atoms with van der Waals surface area (Å²) in [5.74, 6) is 1.77. The molecule has 3 rings (SSSR count). The van der Waals surface area contributed by atoms with Gasteiger partial charge >= 0.3 is 0 Å². The Kier molecular flexibility index (Phi) is 3.31. The van der Waals surface area contributed by atoms with Gasteiger partial charge in [0.25, 0.3) is 0 Å². The van der Waals surface area contributed by atoms with Crippen LogP contribution in [0.3, 0.4) is 0 Å². The number of aromatic nitrogens is 2. The quantitative estimate of drug-likeness (QED) is 0.864. The molecule has 1 aliphatic heterocycles. The predicted molar refractivity (Wildman–Crippen MR) is 71.7 cm³/mol. The summed E-state index contributed by atoms with van der Waals surface area (Å²) in [7, 11) is 4.20. The first-order chi connectivity index (χ1) is 8.74. The molecule has 4 nitrogen and oxygen atoms in total. The second-order valence-electron chi connectivity index (χ2n) is 5.70. The van der Waals surface area contributed by atoms with E-state index >= 15 is 0 Å². The van der Waals surface area contributed by atoms with Crippen LogP contribution >= 0.6 is 0 Å². The van der Waals surface area contributed by atoms with Crippen LogP contribution in [0, 0.1) is 0 Å². The fraction of sp³-hybridized carbons (Fsp3) is 0.714. The summed E-state index contributed by atoms with van der Waals surface area (Å²) < 4.78 is 0. The molecule has 0 amide bonds. The first-order valence-corrected chi connectivity index (χ1v) is 6.98. The van der Waals surface area contributed by atoms with E-state index in [2.05, 4.69) is 24.3 Å². The highest BCUT2D eigenvalue weighted by Gasteiger charge is 2.30. The van der Waals surface area contributed by atoms with Gasteiger partial charge in [0.2, 0.25) is 0 Å². The third-order valence-corrected chi connectivity index (χ3v) is 3.76. The van der Waals surface area contributed by atoms with E-state index in [-0.39, 0.29) is 0 Å². The van der Waals surface area contributed by atoms with Crippen molar-refractivity contribution in [2.24, 2.45) is 0 Å². The third-order valence-electron chi connectivity index (χ3n) is 3.76. The molecule has 0 unspecified atom stereocenters. The van der Waals surface area contributed by atoms with Crippen molar-refractivity contribution in [2.75, 3.05) is 27.2 Å². The molecule has 0 aromatic carbocycles. The fourth-order valence-electron chi connectivity index (χ4n) is 2.55.